The monoisotopic (exact) mass is 259 g/mol. The van der Waals surface area contributed by atoms with Crippen molar-refractivity contribution in [3.63, 3.8) is 0 Å². The van der Waals surface area contributed by atoms with Crippen molar-refractivity contribution in [1.82, 2.24) is 10.6 Å². The maximum atomic E-state index is 5.25. The topological polar surface area (TPSA) is 87.7 Å². The van der Waals surface area contributed by atoms with E-state index in [2.05, 4.69) is 10.6 Å². The van der Waals surface area contributed by atoms with E-state index < -0.39 is 0 Å². The molecule has 3 unspecified atom stereocenters. The van der Waals surface area contributed by atoms with E-state index in [1.807, 2.05) is 0 Å². The maximum Gasteiger partial charge on any atom is 0.0934 e. The van der Waals surface area contributed by atoms with E-state index >= 15 is 0 Å². The van der Waals surface area contributed by atoms with Gasteiger partial charge in [-0.15, -0.1) is 0 Å². The molecule has 0 aromatic carbocycles. The van der Waals surface area contributed by atoms with E-state index in [1.54, 1.807) is 0 Å². The summed E-state index contributed by atoms with van der Waals surface area (Å²) >= 11 is 0. The van der Waals surface area contributed by atoms with Gasteiger partial charge in [0.25, 0.3) is 0 Å². The molecule has 0 aliphatic carbocycles. The summed E-state index contributed by atoms with van der Waals surface area (Å²) in [6.07, 6.45) is 3.81. The van der Waals surface area contributed by atoms with Gasteiger partial charge in [0.1, 0.15) is 0 Å². The number of rotatable bonds is 9. The van der Waals surface area contributed by atoms with Crippen molar-refractivity contribution < 1.29 is 14.2 Å². The Morgan fingerprint density at radius 3 is 1.78 bits per heavy atom. The number of hydrogen-bond acceptors (Lipinski definition) is 6. The van der Waals surface area contributed by atoms with E-state index in [1.165, 1.54) is 0 Å². The molecule has 3 atom stereocenters. The molecule has 0 bridgehead atoms. The van der Waals surface area contributed by atoms with Gasteiger partial charge in [-0.1, -0.05) is 0 Å². The van der Waals surface area contributed by atoms with E-state index in [-0.39, 0.29) is 0 Å². The lowest BCUT2D eigenvalue weighted by atomic mass is 10.2. The van der Waals surface area contributed by atoms with Crippen LogP contribution in [0, 0.1) is 0 Å². The van der Waals surface area contributed by atoms with Gasteiger partial charge in [0, 0.05) is 19.8 Å². The number of nitrogens with two attached hydrogens (primary N) is 1. The van der Waals surface area contributed by atoms with Crippen LogP contribution in [0.25, 0.3) is 0 Å². The number of epoxide rings is 3. The summed E-state index contributed by atoms with van der Waals surface area (Å²) < 4.78 is 15.0. The summed E-state index contributed by atoms with van der Waals surface area (Å²) in [5.41, 5.74) is 5.25. The molecule has 0 saturated carbocycles. The molecule has 0 radical (unpaired) electrons. The second-order valence-corrected chi connectivity index (χ2v) is 4.88. The lowest BCUT2D eigenvalue weighted by molar-refractivity contribution is 0.379. The van der Waals surface area contributed by atoms with Crippen LogP contribution in [0.3, 0.4) is 0 Å². The molecule has 0 amide bonds. The molecule has 6 heteroatoms. The van der Waals surface area contributed by atoms with Gasteiger partial charge in [-0.2, -0.15) is 0 Å². The zero-order valence-corrected chi connectivity index (χ0v) is 10.9. The summed E-state index contributed by atoms with van der Waals surface area (Å²) in [5, 5.41) is 6.48. The minimum absolute atomic E-state index is 0.481. The van der Waals surface area contributed by atoms with Crippen LogP contribution in [0.4, 0.5) is 0 Å². The molecule has 3 saturated heterocycles. The largest absolute Gasteiger partial charge is 0.373 e. The predicted octanol–water partition coefficient (Wildman–Crippen LogP) is -0.955. The Morgan fingerprint density at radius 2 is 1.39 bits per heavy atom. The van der Waals surface area contributed by atoms with Gasteiger partial charge < -0.3 is 30.6 Å². The van der Waals surface area contributed by atoms with Crippen molar-refractivity contribution in [3.8, 4) is 0 Å². The smallest absolute Gasteiger partial charge is 0.0934 e. The highest BCUT2D eigenvalue weighted by molar-refractivity contribution is 4.73. The van der Waals surface area contributed by atoms with Crippen molar-refractivity contribution in [2.75, 3.05) is 46.1 Å². The number of ether oxygens (including phenoxy) is 3. The fraction of sp³-hybridized carbons (Fsp3) is 1.00. The highest BCUT2D eigenvalue weighted by Gasteiger charge is 2.22. The molecule has 0 aromatic heterocycles. The van der Waals surface area contributed by atoms with Gasteiger partial charge >= 0.3 is 0 Å². The molecule has 0 spiro atoms. The normalized spacial score (nSPS) is 31.5. The minimum atomic E-state index is 0.481. The third-order valence-electron chi connectivity index (χ3n) is 2.93. The second-order valence-electron chi connectivity index (χ2n) is 4.88. The van der Waals surface area contributed by atoms with E-state index in [9.17, 15) is 0 Å². The number of hydrogen-bond donors (Lipinski definition) is 3. The van der Waals surface area contributed by atoms with E-state index in [0.717, 1.165) is 59.0 Å². The molecule has 4 N–H and O–H groups in total. The maximum absolute atomic E-state index is 5.25. The van der Waals surface area contributed by atoms with Crippen molar-refractivity contribution in [2.24, 2.45) is 5.73 Å². The summed E-state index contributed by atoms with van der Waals surface area (Å²) in [5.74, 6) is 0. The predicted molar refractivity (Wildman–Crippen MR) is 68.4 cm³/mol. The number of nitrogens with one attached hydrogen (secondary N) is 2. The molecule has 3 aliphatic heterocycles. The summed E-state index contributed by atoms with van der Waals surface area (Å²) in [6.45, 7) is 6.44. The molecule has 3 aliphatic rings. The highest BCUT2D eigenvalue weighted by Crippen LogP contribution is 2.14. The summed E-state index contributed by atoms with van der Waals surface area (Å²) in [6, 6.07) is 0. The van der Waals surface area contributed by atoms with Crippen molar-refractivity contribution in [2.45, 2.75) is 31.2 Å². The van der Waals surface area contributed by atoms with Gasteiger partial charge in [0.2, 0.25) is 0 Å². The zero-order chi connectivity index (χ0) is 12.6. The quantitative estimate of drug-likeness (QED) is 0.281. The molecule has 3 heterocycles. The van der Waals surface area contributed by atoms with E-state index in [0.29, 0.717) is 18.3 Å². The Balaban J connectivity index is 0.000000149. The Hall–Kier alpha value is -0.240. The molecule has 3 rings (SSSR count). The van der Waals surface area contributed by atoms with Gasteiger partial charge in [-0.25, -0.2) is 0 Å². The average molecular weight is 259 g/mol. The van der Waals surface area contributed by atoms with Gasteiger partial charge in [-0.3, -0.25) is 0 Å². The van der Waals surface area contributed by atoms with Crippen LogP contribution < -0.4 is 16.4 Å². The molecule has 0 aromatic rings. The zero-order valence-electron chi connectivity index (χ0n) is 10.9. The molecule has 18 heavy (non-hydrogen) atoms. The highest BCUT2D eigenvalue weighted by atomic mass is 16.6. The Labute approximate surface area is 109 Å². The first-order valence-corrected chi connectivity index (χ1v) is 6.85. The average Bonchev–Trinajstić information content (AvgIpc) is 3.25. The van der Waals surface area contributed by atoms with Gasteiger partial charge in [-0.05, 0) is 19.4 Å². The molecule has 106 valence electrons. The SMILES string of the molecule is C(NCC1CO1)NCC1CO1.NCCCC1CO1. The van der Waals surface area contributed by atoms with Crippen molar-refractivity contribution in [1.29, 1.82) is 0 Å². The standard InChI is InChI=1S/C7H14N2O2.C5H11NO/c1(6-3-10-6)8-5-9-2-7-4-11-7;6-3-1-2-5-4-7-5/h6-9H,1-5H2;5H,1-4,6H2. The third-order valence-corrected chi connectivity index (χ3v) is 2.93. The van der Waals surface area contributed by atoms with Crippen LogP contribution in [0.5, 0.6) is 0 Å². The second kappa shape index (κ2) is 8.04. The third kappa shape index (κ3) is 7.97. The molecular weight excluding hydrogens is 234 g/mol. The van der Waals surface area contributed by atoms with Crippen LogP contribution in [0.2, 0.25) is 0 Å². The summed E-state index contributed by atoms with van der Waals surface area (Å²) in [7, 11) is 0. The summed E-state index contributed by atoms with van der Waals surface area (Å²) in [4.78, 5) is 0. The molecule has 6 nitrogen and oxygen atoms in total. The van der Waals surface area contributed by atoms with E-state index in [4.69, 9.17) is 19.9 Å². The molecular formula is C12H25N3O3. The fourth-order valence-electron chi connectivity index (χ4n) is 1.51. The Kier molecular flexibility index (Phi) is 6.33. The van der Waals surface area contributed by atoms with Crippen LogP contribution in [-0.4, -0.2) is 64.4 Å². The van der Waals surface area contributed by atoms with Gasteiger partial charge in [0.05, 0.1) is 38.1 Å². The first-order valence-electron chi connectivity index (χ1n) is 6.85. The van der Waals surface area contributed by atoms with Crippen LogP contribution >= 0.6 is 0 Å². The Morgan fingerprint density at radius 1 is 0.889 bits per heavy atom. The first kappa shape index (κ1) is 14.2. The lowest BCUT2D eigenvalue weighted by Crippen LogP contribution is -2.33. The minimum Gasteiger partial charge on any atom is -0.373 e. The van der Waals surface area contributed by atoms with Crippen LogP contribution in [-0.2, 0) is 14.2 Å². The van der Waals surface area contributed by atoms with Crippen molar-refractivity contribution >= 4 is 0 Å². The lowest BCUT2D eigenvalue weighted by Gasteiger charge is -2.02. The molecule has 3 fully saturated rings. The van der Waals surface area contributed by atoms with Crippen molar-refractivity contribution in [3.05, 3.63) is 0 Å². The fourth-order valence-corrected chi connectivity index (χ4v) is 1.51. The Bertz CT molecular complexity index is 205. The first-order chi connectivity index (χ1) is 8.88. The van der Waals surface area contributed by atoms with Gasteiger partial charge in [0.15, 0.2) is 0 Å². The van der Waals surface area contributed by atoms with Crippen LogP contribution in [0.1, 0.15) is 12.8 Å². The van der Waals surface area contributed by atoms with Crippen LogP contribution in [0.15, 0.2) is 0 Å².